The fourth-order valence-corrected chi connectivity index (χ4v) is 4.23. The highest BCUT2D eigenvalue weighted by molar-refractivity contribution is 7.87. The summed E-state index contributed by atoms with van der Waals surface area (Å²) in [6.07, 6.45) is 4.17. The van der Waals surface area contributed by atoms with Gasteiger partial charge in [0.2, 0.25) is 0 Å². The lowest BCUT2D eigenvalue weighted by Gasteiger charge is -2.23. The lowest BCUT2D eigenvalue weighted by molar-refractivity contribution is 0.444. The molecule has 1 atom stereocenters. The van der Waals surface area contributed by atoms with Gasteiger partial charge in [0.25, 0.3) is 10.2 Å². The minimum absolute atomic E-state index is 0.0631. The molecule has 1 heterocycles. The van der Waals surface area contributed by atoms with Crippen molar-refractivity contribution in [1.29, 1.82) is 0 Å². The molecule has 4 nitrogen and oxygen atoms in total. The van der Waals surface area contributed by atoms with Gasteiger partial charge in [0.15, 0.2) is 0 Å². The van der Waals surface area contributed by atoms with E-state index < -0.39 is 10.2 Å². The van der Waals surface area contributed by atoms with Crippen LogP contribution in [-0.2, 0) is 10.2 Å². The summed E-state index contributed by atoms with van der Waals surface area (Å²) in [5.74, 6) is 0.458. The van der Waals surface area contributed by atoms with Gasteiger partial charge in [0, 0.05) is 13.1 Å². The number of hydrogen-bond donors (Lipinski definition) is 1. The molecule has 0 spiro atoms. The zero-order valence-electron chi connectivity index (χ0n) is 11.0. The Morgan fingerprint density at radius 1 is 1.11 bits per heavy atom. The molecule has 104 valence electrons. The number of hydrogen-bond acceptors (Lipinski definition) is 2. The second-order valence-corrected chi connectivity index (χ2v) is 7.16. The molecule has 2 fully saturated rings. The lowest BCUT2D eigenvalue weighted by atomic mass is 10.0. The molecule has 19 heavy (non-hydrogen) atoms. The molecular formula is C14H20N2O2S. The van der Waals surface area contributed by atoms with Crippen LogP contribution < -0.4 is 4.72 Å². The maximum absolute atomic E-state index is 12.4. The number of benzene rings is 1. The van der Waals surface area contributed by atoms with Gasteiger partial charge in [-0.2, -0.15) is 17.4 Å². The van der Waals surface area contributed by atoms with Crippen molar-refractivity contribution in [3.8, 4) is 0 Å². The van der Waals surface area contributed by atoms with Gasteiger partial charge >= 0.3 is 0 Å². The van der Waals surface area contributed by atoms with Crippen molar-refractivity contribution in [2.45, 2.75) is 31.7 Å². The molecule has 0 bridgehead atoms. The number of nitrogens with one attached hydrogen (secondary N) is 1. The van der Waals surface area contributed by atoms with E-state index in [0.717, 1.165) is 31.2 Å². The van der Waals surface area contributed by atoms with E-state index in [1.54, 1.807) is 4.31 Å². The molecule has 3 rings (SSSR count). The third-order valence-corrected chi connectivity index (χ3v) is 5.53. The molecule has 1 aliphatic carbocycles. The van der Waals surface area contributed by atoms with Crippen molar-refractivity contribution in [2.24, 2.45) is 5.92 Å². The van der Waals surface area contributed by atoms with Gasteiger partial charge in [-0.3, -0.25) is 0 Å². The fraction of sp³-hybridized carbons (Fsp3) is 0.571. The molecule has 1 aliphatic heterocycles. The number of nitrogens with zero attached hydrogens (tertiary/aromatic N) is 1. The second kappa shape index (κ2) is 5.23. The summed E-state index contributed by atoms with van der Waals surface area (Å²) in [6, 6.07) is 9.85. The van der Waals surface area contributed by atoms with E-state index in [1.807, 2.05) is 30.3 Å². The third-order valence-electron chi connectivity index (χ3n) is 3.93. The summed E-state index contributed by atoms with van der Waals surface area (Å²) in [5.41, 5.74) is 1.08. The molecule has 0 amide bonds. The van der Waals surface area contributed by atoms with Gasteiger partial charge in [-0.25, -0.2) is 0 Å². The van der Waals surface area contributed by atoms with Crippen LogP contribution >= 0.6 is 0 Å². The molecule has 5 heteroatoms. The Balaban J connectivity index is 1.78. The van der Waals surface area contributed by atoms with Crippen molar-refractivity contribution in [3.05, 3.63) is 35.9 Å². The smallest absolute Gasteiger partial charge is 0.195 e. The molecule has 1 unspecified atom stereocenters. The van der Waals surface area contributed by atoms with Crippen molar-refractivity contribution in [3.63, 3.8) is 0 Å². The van der Waals surface area contributed by atoms with E-state index in [-0.39, 0.29) is 6.04 Å². The van der Waals surface area contributed by atoms with Crippen LogP contribution in [0.1, 0.15) is 37.3 Å². The van der Waals surface area contributed by atoms with E-state index in [2.05, 4.69) is 4.72 Å². The van der Waals surface area contributed by atoms with Crippen LogP contribution in [0.2, 0.25) is 0 Å². The molecule has 1 aromatic rings. The van der Waals surface area contributed by atoms with Crippen LogP contribution in [0, 0.1) is 5.92 Å². The molecule has 1 aromatic carbocycles. The van der Waals surface area contributed by atoms with Crippen molar-refractivity contribution < 1.29 is 8.42 Å². The minimum Gasteiger partial charge on any atom is -0.195 e. The SMILES string of the molecule is O=S(=O)(NC(c1ccccc1)C1CC1)N1CCCC1. The van der Waals surface area contributed by atoms with Crippen LogP contribution in [-0.4, -0.2) is 25.8 Å². The summed E-state index contributed by atoms with van der Waals surface area (Å²) < 4.78 is 29.2. The quantitative estimate of drug-likeness (QED) is 0.897. The van der Waals surface area contributed by atoms with Crippen LogP contribution in [0.15, 0.2) is 30.3 Å². The van der Waals surface area contributed by atoms with Gasteiger partial charge in [0.1, 0.15) is 0 Å². The zero-order valence-corrected chi connectivity index (χ0v) is 11.8. The van der Waals surface area contributed by atoms with Gasteiger partial charge < -0.3 is 0 Å². The first-order chi connectivity index (χ1) is 9.17. The minimum atomic E-state index is -3.33. The maximum Gasteiger partial charge on any atom is 0.280 e. The molecule has 2 aliphatic rings. The first-order valence-corrected chi connectivity index (χ1v) is 8.43. The topological polar surface area (TPSA) is 49.4 Å². The Morgan fingerprint density at radius 3 is 2.32 bits per heavy atom. The average molecular weight is 280 g/mol. The Morgan fingerprint density at radius 2 is 1.74 bits per heavy atom. The average Bonchev–Trinajstić information content (AvgIpc) is 3.09. The first kappa shape index (κ1) is 13.1. The van der Waals surface area contributed by atoms with Gasteiger partial charge in [-0.15, -0.1) is 0 Å². The first-order valence-electron chi connectivity index (χ1n) is 6.99. The predicted octanol–water partition coefficient (Wildman–Crippen LogP) is 2.07. The summed E-state index contributed by atoms with van der Waals surface area (Å²) in [5, 5.41) is 0. The standard InChI is InChI=1S/C14H20N2O2S/c17-19(18,16-10-4-5-11-16)15-14(13-8-9-13)12-6-2-1-3-7-12/h1-3,6-7,13-15H,4-5,8-11H2. The Hall–Kier alpha value is -0.910. The molecule has 0 aromatic heterocycles. The largest absolute Gasteiger partial charge is 0.280 e. The Kier molecular flexibility index (Phi) is 3.60. The van der Waals surface area contributed by atoms with Crippen LogP contribution in [0.5, 0.6) is 0 Å². The van der Waals surface area contributed by atoms with Gasteiger partial charge in [-0.05, 0) is 37.2 Å². The Labute approximate surface area is 115 Å². The summed E-state index contributed by atoms with van der Waals surface area (Å²) >= 11 is 0. The lowest BCUT2D eigenvalue weighted by Crippen LogP contribution is -2.41. The normalized spacial score (nSPS) is 22.5. The van der Waals surface area contributed by atoms with E-state index in [1.165, 1.54) is 0 Å². The van der Waals surface area contributed by atoms with E-state index >= 15 is 0 Å². The molecule has 0 radical (unpaired) electrons. The fourth-order valence-electron chi connectivity index (χ4n) is 2.69. The molecular weight excluding hydrogens is 260 g/mol. The van der Waals surface area contributed by atoms with Gasteiger partial charge in [0.05, 0.1) is 6.04 Å². The van der Waals surface area contributed by atoms with Gasteiger partial charge in [-0.1, -0.05) is 30.3 Å². The number of rotatable bonds is 5. The van der Waals surface area contributed by atoms with E-state index in [4.69, 9.17) is 0 Å². The second-order valence-electron chi connectivity index (χ2n) is 5.45. The van der Waals surface area contributed by atoms with Crippen LogP contribution in [0.25, 0.3) is 0 Å². The van der Waals surface area contributed by atoms with Crippen LogP contribution in [0.4, 0.5) is 0 Å². The Bertz CT molecular complexity index is 520. The highest BCUT2D eigenvalue weighted by Crippen LogP contribution is 2.41. The highest BCUT2D eigenvalue weighted by atomic mass is 32.2. The summed E-state index contributed by atoms with van der Waals surface area (Å²) in [4.78, 5) is 0. The summed E-state index contributed by atoms with van der Waals surface area (Å²) in [6.45, 7) is 1.31. The van der Waals surface area contributed by atoms with E-state index in [9.17, 15) is 8.42 Å². The monoisotopic (exact) mass is 280 g/mol. The summed E-state index contributed by atoms with van der Waals surface area (Å²) in [7, 11) is -3.33. The zero-order chi connectivity index (χ0) is 13.3. The van der Waals surface area contributed by atoms with Crippen molar-refractivity contribution in [2.75, 3.05) is 13.1 Å². The van der Waals surface area contributed by atoms with Crippen LogP contribution in [0.3, 0.4) is 0 Å². The highest BCUT2D eigenvalue weighted by Gasteiger charge is 2.37. The molecule has 1 saturated heterocycles. The third kappa shape index (κ3) is 2.99. The van der Waals surface area contributed by atoms with E-state index in [0.29, 0.717) is 19.0 Å². The predicted molar refractivity (Wildman–Crippen MR) is 74.8 cm³/mol. The molecule has 1 N–H and O–H groups in total. The maximum atomic E-state index is 12.4. The van der Waals surface area contributed by atoms with Crippen molar-refractivity contribution in [1.82, 2.24) is 9.03 Å². The molecule has 1 saturated carbocycles. The van der Waals surface area contributed by atoms with Crippen molar-refractivity contribution >= 4 is 10.2 Å².